The molecule has 2 aliphatic rings. The maximum absolute atomic E-state index is 13.9. The molecule has 1 heterocycles. The van der Waals surface area contributed by atoms with E-state index in [1.807, 2.05) is 69.3 Å². The number of rotatable bonds is 6. The third-order valence-corrected chi connectivity index (χ3v) is 7.64. The van der Waals surface area contributed by atoms with Crippen molar-refractivity contribution in [2.75, 3.05) is 19.0 Å². The zero-order valence-electron chi connectivity index (χ0n) is 22.9. The third-order valence-electron chi connectivity index (χ3n) is 7.64. The van der Waals surface area contributed by atoms with Crippen LogP contribution < -0.4 is 14.8 Å². The lowest BCUT2D eigenvalue weighted by atomic mass is 9.63. The molecular weight excluding hydrogens is 494 g/mol. The van der Waals surface area contributed by atoms with E-state index < -0.39 is 17.3 Å². The topological polar surface area (TPSA) is 90.9 Å². The third kappa shape index (κ3) is 4.56. The summed E-state index contributed by atoms with van der Waals surface area (Å²) in [7, 11) is 1.38. The molecule has 202 valence electrons. The highest BCUT2D eigenvalue weighted by Crippen LogP contribution is 2.54. The molecule has 39 heavy (non-hydrogen) atoms. The fraction of sp³-hybridized carbons (Fsp3) is 0.344. The molecule has 0 aromatic heterocycles. The number of methoxy groups -OCH3 is 1. The van der Waals surface area contributed by atoms with Gasteiger partial charge < -0.3 is 19.5 Å². The van der Waals surface area contributed by atoms with E-state index >= 15 is 0 Å². The average Bonchev–Trinajstić information content (AvgIpc) is 2.92. The Bertz CT molecular complexity index is 1520. The summed E-state index contributed by atoms with van der Waals surface area (Å²) < 4.78 is 16.7. The molecule has 0 saturated carbocycles. The van der Waals surface area contributed by atoms with Crippen molar-refractivity contribution >= 4 is 34.2 Å². The number of ether oxygens (including phenoxy) is 3. The van der Waals surface area contributed by atoms with Gasteiger partial charge in [-0.3, -0.25) is 14.4 Å². The number of benzene rings is 3. The molecule has 0 fully saturated rings. The summed E-state index contributed by atoms with van der Waals surface area (Å²) in [5, 5.41) is 5.53. The fourth-order valence-corrected chi connectivity index (χ4v) is 5.91. The normalized spacial score (nSPS) is 19.6. The second-order valence-corrected chi connectivity index (χ2v) is 10.6. The Balaban J connectivity index is 1.79. The van der Waals surface area contributed by atoms with Gasteiger partial charge in [-0.2, -0.15) is 0 Å². The molecule has 2 atom stereocenters. The van der Waals surface area contributed by atoms with E-state index in [9.17, 15) is 14.4 Å². The number of hydrogen-bond acceptors (Lipinski definition) is 7. The van der Waals surface area contributed by atoms with E-state index in [1.165, 1.54) is 7.11 Å². The van der Waals surface area contributed by atoms with Crippen molar-refractivity contribution in [1.29, 1.82) is 0 Å². The van der Waals surface area contributed by atoms with Gasteiger partial charge in [-0.25, -0.2) is 0 Å². The zero-order chi connectivity index (χ0) is 27.9. The van der Waals surface area contributed by atoms with Gasteiger partial charge in [-0.15, -0.1) is 0 Å². The van der Waals surface area contributed by atoms with Crippen LogP contribution in [0, 0.1) is 11.3 Å². The molecule has 0 bridgehead atoms. The van der Waals surface area contributed by atoms with Crippen LogP contribution in [0.25, 0.3) is 10.8 Å². The Morgan fingerprint density at radius 3 is 2.51 bits per heavy atom. The van der Waals surface area contributed by atoms with Crippen LogP contribution in [0.3, 0.4) is 0 Å². The average molecular weight is 528 g/mol. The highest BCUT2D eigenvalue weighted by atomic mass is 16.6. The molecule has 1 aliphatic heterocycles. The number of carbonyl (C=O) groups excluding carboxylic acids is 3. The number of fused-ring (bicyclic) bond motifs is 3. The number of nitrogens with one attached hydrogen (secondary N) is 1. The van der Waals surface area contributed by atoms with Gasteiger partial charge in [0.1, 0.15) is 5.92 Å². The highest BCUT2D eigenvalue weighted by molar-refractivity contribution is 6.06. The van der Waals surface area contributed by atoms with Crippen molar-refractivity contribution in [3.63, 3.8) is 0 Å². The summed E-state index contributed by atoms with van der Waals surface area (Å²) in [6.07, 6.45) is 0.435. The number of Topliss-reactive ketones (excluding diaryl/α,β-unsaturated/α-hetero) is 1. The van der Waals surface area contributed by atoms with Crippen LogP contribution in [-0.2, 0) is 19.1 Å². The molecule has 7 nitrogen and oxygen atoms in total. The van der Waals surface area contributed by atoms with Gasteiger partial charge >= 0.3 is 11.9 Å². The molecular formula is C32H33NO6. The van der Waals surface area contributed by atoms with Crippen molar-refractivity contribution in [1.82, 2.24) is 0 Å². The van der Waals surface area contributed by atoms with Crippen LogP contribution in [-0.4, -0.2) is 31.4 Å². The number of ketones is 1. The maximum atomic E-state index is 13.9. The minimum Gasteiger partial charge on any atom is -0.490 e. The number of hydrogen-bond donors (Lipinski definition) is 1. The first-order valence-electron chi connectivity index (χ1n) is 13.3. The van der Waals surface area contributed by atoms with E-state index in [1.54, 1.807) is 13.0 Å². The fourth-order valence-electron chi connectivity index (χ4n) is 5.91. The summed E-state index contributed by atoms with van der Waals surface area (Å²) in [4.78, 5) is 39.2. The Hall–Kier alpha value is -4.13. The summed E-state index contributed by atoms with van der Waals surface area (Å²) in [5.74, 6) is -1.14. The molecule has 0 spiro atoms. The van der Waals surface area contributed by atoms with Gasteiger partial charge in [0.15, 0.2) is 17.3 Å². The second kappa shape index (κ2) is 10.2. The monoisotopic (exact) mass is 527 g/mol. The summed E-state index contributed by atoms with van der Waals surface area (Å²) in [5.41, 5.74) is 3.08. The van der Waals surface area contributed by atoms with E-state index in [2.05, 4.69) is 5.32 Å². The minimum atomic E-state index is -0.645. The molecule has 0 amide bonds. The smallest absolute Gasteiger partial charge is 0.315 e. The molecule has 0 radical (unpaired) electrons. The summed E-state index contributed by atoms with van der Waals surface area (Å²) >= 11 is 0. The van der Waals surface area contributed by atoms with Crippen LogP contribution in [0.4, 0.5) is 5.69 Å². The van der Waals surface area contributed by atoms with Gasteiger partial charge in [-0.05, 0) is 52.4 Å². The Morgan fingerprint density at radius 2 is 1.79 bits per heavy atom. The SMILES string of the molecule is CCOc1cc([C@@H]2C3=C(Nc4ccc5ccccc5c42)[C@H](C(=O)OC)C(C)(C)CC3=O)ccc1OC(=O)CC. The summed E-state index contributed by atoms with van der Waals surface area (Å²) in [6, 6.07) is 17.5. The second-order valence-electron chi connectivity index (χ2n) is 10.6. The Kier molecular flexibility index (Phi) is 6.93. The Morgan fingerprint density at radius 1 is 1.03 bits per heavy atom. The first-order valence-corrected chi connectivity index (χ1v) is 13.3. The quantitative estimate of drug-likeness (QED) is 0.304. The number of carbonyl (C=O) groups is 3. The van der Waals surface area contributed by atoms with E-state index in [0.717, 1.165) is 27.6 Å². The van der Waals surface area contributed by atoms with Gasteiger partial charge in [0, 0.05) is 35.7 Å². The van der Waals surface area contributed by atoms with Crippen LogP contribution >= 0.6 is 0 Å². The number of esters is 2. The molecule has 0 saturated heterocycles. The standard InChI is InChI=1S/C32H33NO6/c1-6-25(35)39-23-15-13-19(16-24(23)38-7-2)26-27-20-11-9-8-10-18(20)12-14-21(27)33-30-28(26)22(34)17-32(3,4)29(30)31(36)37-5/h8-16,26,29,33H,6-7,17H2,1-5H3/t26-,29+/m0/s1. The molecule has 0 unspecified atom stereocenters. The van der Waals surface area contributed by atoms with Gasteiger partial charge in [-0.1, -0.05) is 57.2 Å². The van der Waals surface area contributed by atoms with E-state index in [4.69, 9.17) is 14.2 Å². The molecule has 1 N–H and O–H groups in total. The predicted octanol–water partition coefficient (Wildman–Crippen LogP) is 6.15. The number of allylic oxidation sites excluding steroid dienone is 1. The molecule has 5 rings (SSSR count). The molecule has 1 aliphatic carbocycles. The summed E-state index contributed by atoms with van der Waals surface area (Å²) in [6.45, 7) is 7.81. The van der Waals surface area contributed by atoms with Gasteiger partial charge in [0.05, 0.1) is 13.7 Å². The molecule has 3 aromatic rings. The van der Waals surface area contributed by atoms with Crippen LogP contribution in [0.2, 0.25) is 0 Å². The van der Waals surface area contributed by atoms with Gasteiger partial charge in [0.2, 0.25) is 0 Å². The van der Waals surface area contributed by atoms with Crippen LogP contribution in [0.5, 0.6) is 11.5 Å². The van der Waals surface area contributed by atoms with E-state index in [-0.39, 0.29) is 30.6 Å². The van der Waals surface area contributed by atoms with Crippen molar-refractivity contribution < 1.29 is 28.6 Å². The predicted molar refractivity (Wildman–Crippen MR) is 149 cm³/mol. The lowest BCUT2D eigenvalue weighted by Gasteiger charge is -2.44. The highest BCUT2D eigenvalue weighted by Gasteiger charge is 2.50. The van der Waals surface area contributed by atoms with Gasteiger partial charge in [0.25, 0.3) is 0 Å². The Labute approximate surface area is 228 Å². The molecule has 7 heteroatoms. The zero-order valence-corrected chi connectivity index (χ0v) is 22.9. The van der Waals surface area contributed by atoms with E-state index in [0.29, 0.717) is 29.4 Å². The molecule has 3 aromatic carbocycles. The minimum absolute atomic E-state index is 0.0225. The van der Waals surface area contributed by atoms with Crippen molar-refractivity contribution in [2.45, 2.75) is 46.5 Å². The largest absolute Gasteiger partial charge is 0.490 e. The van der Waals surface area contributed by atoms with Crippen molar-refractivity contribution in [3.05, 3.63) is 77.0 Å². The maximum Gasteiger partial charge on any atom is 0.315 e. The van der Waals surface area contributed by atoms with Crippen LogP contribution in [0.15, 0.2) is 65.9 Å². The lowest BCUT2D eigenvalue weighted by Crippen LogP contribution is -2.44. The first-order chi connectivity index (χ1) is 18.7. The first kappa shape index (κ1) is 26.5. The van der Waals surface area contributed by atoms with Crippen molar-refractivity contribution in [2.24, 2.45) is 11.3 Å². The van der Waals surface area contributed by atoms with Crippen molar-refractivity contribution in [3.8, 4) is 11.5 Å². The number of anilines is 1. The lowest BCUT2D eigenvalue weighted by molar-refractivity contribution is -0.148. The van der Waals surface area contributed by atoms with Crippen LogP contribution in [0.1, 0.15) is 57.6 Å².